The molecule has 0 saturated carbocycles. The normalized spacial score (nSPS) is 11.8. The first kappa shape index (κ1) is 19.4. The summed E-state index contributed by atoms with van der Waals surface area (Å²) in [6.45, 7) is 12.2. The van der Waals surface area contributed by atoms with Crippen molar-refractivity contribution >= 4 is 33.9 Å². The average molecular weight is 387 g/mol. The molecule has 0 bridgehead atoms. The van der Waals surface area contributed by atoms with E-state index >= 15 is 0 Å². The van der Waals surface area contributed by atoms with Gasteiger partial charge in [-0.3, -0.25) is 0 Å². The molecule has 1 aromatic heterocycles. The van der Waals surface area contributed by atoms with E-state index in [0.29, 0.717) is 4.60 Å². The number of anilines is 1. The summed E-state index contributed by atoms with van der Waals surface area (Å²) in [6.07, 6.45) is -1.68. The minimum absolute atomic E-state index is 0.131. The number of hydrogen-bond donors (Lipinski definition) is 0. The largest absolute Gasteiger partial charge is 0.443 e. The summed E-state index contributed by atoms with van der Waals surface area (Å²) in [4.78, 5) is 29.9. The third kappa shape index (κ3) is 6.17. The molecular formula is C16H23BrN2O4. The van der Waals surface area contributed by atoms with E-state index < -0.39 is 23.4 Å². The van der Waals surface area contributed by atoms with Crippen molar-refractivity contribution in [3.05, 3.63) is 22.3 Å². The fraction of sp³-hybridized carbons (Fsp3) is 0.562. The number of pyridine rings is 1. The summed E-state index contributed by atoms with van der Waals surface area (Å²) < 4.78 is 11.1. The van der Waals surface area contributed by atoms with Gasteiger partial charge in [0.2, 0.25) is 0 Å². The first-order chi connectivity index (χ1) is 10.3. The van der Waals surface area contributed by atoms with Crippen LogP contribution in [0.15, 0.2) is 16.7 Å². The van der Waals surface area contributed by atoms with Gasteiger partial charge in [-0.1, -0.05) is 6.07 Å². The predicted octanol–water partition coefficient (Wildman–Crippen LogP) is 4.83. The monoisotopic (exact) mass is 386 g/mol. The maximum atomic E-state index is 12.4. The van der Waals surface area contributed by atoms with Crippen LogP contribution in [0.3, 0.4) is 0 Å². The first-order valence-electron chi connectivity index (χ1n) is 7.19. The maximum Gasteiger partial charge on any atom is 0.425 e. The van der Waals surface area contributed by atoms with Crippen molar-refractivity contribution in [2.24, 2.45) is 0 Å². The molecule has 0 saturated heterocycles. The Balaban J connectivity index is 3.22. The SMILES string of the molecule is Cc1ccc(N(C(=O)OC(C)(C)C)C(=O)OC(C)(C)C)nc1Br. The molecule has 0 unspecified atom stereocenters. The van der Waals surface area contributed by atoms with Crippen molar-refractivity contribution in [2.45, 2.75) is 59.7 Å². The van der Waals surface area contributed by atoms with E-state index in [2.05, 4.69) is 20.9 Å². The van der Waals surface area contributed by atoms with Crippen LogP contribution in [0.5, 0.6) is 0 Å². The minimum Gasteiger partial charge on any atom is -0.443 e. The average Bonchev–Trinajstić information content (AvgIpc) is 2.29. The molecule has 0 atom stereocenters. The Labute approximate surface area is 145 Å². The highest BCUT2D eigenvalue weighted by molar-refractivity contribution is 9.10. The van der Waals surface area contributed by atoms with Gasteiger partial charge in [-0.15, -0.1) is 0 Å². The van der Waals surface area contributed by atoms with E-state index in [4.69, 9.17) is 9.47 Å². The van der Waals surface area contributed by atoms with E-state index in [9.17, 15) is 9.59 Å². The molecule has 23 heavy (non-hydrogen) atoms. The molecule has 0 aromatic carbocycles. The van der Waals surface area contributed by atoms with Gasteiger partial charge < -0.3 is 9.47 Å². The lowest BCUT2D eigenvalue weighted by atomic mass is 10.2. The van der Waals surface area contributed by atoms with Crippen LogP contribution in [0.1, 0.15) is 47.1 Å². The van der Waals surface area contributed by atoms with Gasteiger partial charge in [-0.25, -0.2) is 14.6 Å². The lowest BCUT2D eigenvalue weighted by Crippen LogP contribution is -2.44. The van der Waals surface area contributed by atoms with Crippen LogP contribution in [-0.2, 0) is 9.47 Å². The van der Waals surface area contributed by atoms with Gasteiger partial charge in [0.25, 0.3) is 0 Å². The van der Waals surface area contributed by atoms with Crippen LogP contribution in [0.25, 0.3) is 0 Å². The lowest BCUT2D eigenvalue weighted by molar-refractivity contribution is 0.0429. The van der Waals surface area contributed by atoms with Gasteiger partial charge in [0, 0.05) is 0 Å². The Morgan fingerprint density at radius 1 is 1.00 bits per heavy atom. The Bertz CT molecular complexity index is 575. The standard InChI is InChI=1S/C16H23BrN2O4/c1-10-8-9-11(18-12(10)17)19(13(20)22-15(2,3)4)14(21)23-16(5,6)7/h8-9H,1-7H3. The molecule has 0 N–H and O–H groups in total. The van der Waals surface area contributed by atoms with E-state index in [-0.39, 0.29) is 5.82 Å². The Kier molecular flexibility index (Phi) is 5.79. The molecule has 1 aromatic rings. The predicted molar refractivity (Wildman–Crippen MR) is 91.6 cm³/mol. The molecule has 0 spiro atoms. The summed E-state index contributed by atoms with van der Waals surface area (Å²) >= 11 is 3.29. The number of ether oxygens (including phenoxy) is 2. The van der Waals surface area contributed by atoms with Gasteiger partial charge >= 0.3 is 12.2 Å². The molecule has 0 radical (unpaired) electrons. The van der Waals surface area contributed by atoms with Crippen LogP contribution < -0.4 is 4.90 Å². The van der Waals surface area contributed by atoms with Gasteiger partial charge in [0.05, 0.1) is 0 Å². The van der Waals surface area contributed by atoms with Crippen molar-refractivity contribution in [1.82, 2.24) is 4.98 Å². The highest BCUT2D eigenvalue weighted by atomic mass is 79.9. The zero-order chi connectivity index (χ0) is 18.0. The summed E-state index contributed by atoms with van der Waals surface area (Å²) in [6, 6.07) is 3.31. The van der Waals surface area contributed by atoms with Crippen LogP contribution >= 0.6 is 15.9 Å². The molecule has 128 valence electrons. The molecule has 6 nitrogen and oxygen atoms in total. The highest BCUT2D eigenvalue weighted by Crippen LogP contribution is 2.23. The van der Waals surface area contributed by atoms with E-state index in [1.54, 1.807) is 53.7 Å². The number of carbonyl (C=O) groups is 2. The lowest BCUT2D eigenvalue weighted by Gasteiger charge is -2.28. The molecule has 0 aliphatic rings. The summed E-state index contributed by atoms with van der Waals surface area (Å²) in [5, 5.41) is 0. The van der Waals surface area contributed by atoms with Gasteiger partial charge in [-0.05, 0) is 76.0 Å². The minimum atomic E-state index is -0.838. The Hall–Kier alpha value is -1.63. The third-order valence-electron chi connectivity index (χ3n) is 2.40. The Morgan fingerprint density at radius 3 is 1.78 bits per heavy atom. The first-order valence-corrected chi connectivity index (χ1v) is 7.99. The molecule has 1 heterocycles. The van der Waals surface area contributed by atoms with Crippen molar-refractivity contribution in [1.29, 1.82) is 0 Å². The zero-order valence-corrected chi connectivity index (χ0v) is 16.1. The number of halogens is 1. The molecular weight excluding hydrogens is 364 g/mol. The number of nitrogens with zero attached hydrogens (tertiary/aromatic N) is 2. The number of imide groups is 1. The van der Waals surface area contributed by atoms with E-state index in [0.717, 1.165) is 10.5 Å². The van der Waals surface area contributed by atoms with E-state index in [1.807, 2.05) is 6.92 Å². The molecule has 7 heteroatoms. The maximum absolute atomic E-state index is 12.4. The number of carbonyl (C=O) groups excluding carboxylic acids is 2. The van der Waals surface area contributed by atoms with Crippen molar-refractivity contribution < 1.29 is 19.1 Å². The second kappa shape index (κ2) is 6.86. The Morgan fingerprint density at radius 2 is 1.43 bits per heavy atom. The molecule has 1 rings (SSSR count). The highest BCUT2D eigenvalue weighted by Gasteiger charge is 2.33. The van der Waals surface area contributed by atoms with Gasteiger partial charge in [-0.2, -0.15) is 4.90 Å². The second-order valence-electron chi connectivity index (χ2n) is 7.07. The van der Waals surface area contributed by atoms with Crippen LogP contribution in [0.4, 0.5) is 15.4 Å². The number of aryl methyl sites for hydroxylation is 1. The quantitative estimate of drug-likeness (QED) is 0.646. The van der Waals surface area contributed by atoms with Crippen LogP contribution in [0, 0.1) is 6.92 Å². The second-order valence-corrected chi connectivity index (χ2v) is 7.82. The zero-order valence-electron chi connectivity index (χ0n) is 14.6. The van der Waals surface area contributed by atoms with Crippen molar-refractivity contribution in [3.63, 3.8) is 0 Å². The summed E-state index contributed by atoms with van der Waals surface area (Å²) in [5.41, 5.74) is -0.625. The fourth-order valence-electron chi connectivity index (χ4n) is 1.50. The molecule has 0 fully saturated rings. The number of amides is 2. The topological polar surface area (TPSA) is 68.7 Å². The van der Waals surface area contributed by atoms with Crippen molar-refractivity contribution in [3.8, 4) is 0 Å². The summed E-state index contributed by atoms with van der Waals surface area (Å²) in [7, 11) is 0. The van der Waals surface area contributed by atoms with Gasteiger partial charge in [0.15, 0.2) is 0 Å². The number of hydrogen-bond acceptors (Lipinski definition) is 5. The number of rotatable bonds is 1. The van der Waals surface area contributed by atoms with E-state index in [1.165, 1.54) is 0 Å². The molecule has 0 aliphatic carbocycles. The molecule has 2 amide bonds. The van der Waals surface area contributed by atoms with Gasteiger partial charge in [0.1, 0.15) is 21.6 Å². The smallest absolute Gasteiger partial charge is 0.425 e. The summed E-state index contributed by atoms with van der Waals surface area (Å²) in [5.74, 6) is 0.131. The molecule has 0 aliphatic heterocycles. The van der Waals surface area contributed by atoms with Crippen LogP contribution in [-0.4, -0.2) is 28.4 Å². The van der Waals surface area contributed by atoms with Crippen molar-refractivity contribution in [2.75, 3.05) is 4.90 Å². The third-order valence-corrected chi connectivity index (χ3v) is 3.20. The number of aromatic nitrogens is 1. The fourth-order valence-corrected chi connectivity index (χ4v) is 1.81. The van der Waals surface area contributed by atoms with Crippen LogP contribution in [0.2, 0.25) is 0 Å².